The van der Waals surface area contributed by atoms with Crippen molar-refractivity contribution in [2.45, 2.75) is 67.6 Å². The van der Waals surface area contributed by atoms with Gasteiger partial charge in [-0.05, 0) is 98.7 Å². The highest BCUT2D eigenvalue weighted by atomic mass is 32.2. The maximum absolute atomic E-state index is 12.0. The van der Waals surface area contributed by atoms with E-state index in [-0.39, 0.29) is 22.6 Å². The molecule has 1 aliphatic rings. The van der Waals surface area contributed by atoms with Crippen LogP contribution in [0.2, 0.25) is 0 Å². The molecule has 0 fully saturated rings. The molecule has 248 valence electrons. The monoisotopic (exact) mass is 683 g/mol. The first-order valence-electron chi connectivity index (χ1n) is 14.2. The molecule has 0 spiro atoms. The molecule has 3 rings (SSSR count). The van der Waals surface area contributed by atoms with Crippen LogP contribution in [-0.2, 0) is 45.9 Å². The molecule has 3 N–H and O–H groups in total. The lowest BCUT2D eigenvalue weighted by Gasteiger charge is -2.33. The van der Waals surface area contributed by atoms with Gasteiger partial charge >= 0.3 is 0 Å². The van der Waals surface area contributed by atoms with Crippen molar-refractivity contribution in [1.82, 2.24) is 0 Å². The molecule has 0 amide bonds. The first-order chi connectivity index (χ1) is 20.7. The summed E-state index contributed by atoms with van der Waals surface area (Å²) in [5, 5.41) is 0. The van der Waals surface area contributed by atoms with Gasteiger partial charge in [0.05, 0.1) is 15.5 Å². The van der Waals surface area contributed by atoms with Crippen LogP contribution >= 0.6 is 0 Å². The molecule has 0 radical (unpaired) electrons. The third-order valence-electron chi connectivity index (χ3n) is 8.57. The Hall–Kier alpha value is -2.85. The lowest BCUT2D eigenvalue weighted by atomic mass is 9.72. The van der Waals surface area contributed by atoms with Gasteiger partial charge in [0.1, 0.15) is 0 Å². The number of likely N-dealkylation sites (N-methyl/N-ethyl adjacent to an activating group) is 1. The van der Waals surface area contributed by atoms with Crippen molar-refractivity contribution in [1.29, 1.82) is 0 Å². The Kier molecular flexibility index (Phi) is 11.0. The van der Waals surface area contributed by atoms with Crippen molar-refractivity contribution in [3.05, 3.63) is 89.2 Å². The lowest BCUT2D eigenvalue weighted by molar-refractivity contribution is 0.178. The average Bonchev–Trinajstić information content (AvgIpc) is 3.16. The Morgan fingerprint density at radius 1 is 1.02 bits per heavy atom. The summed E-state index contributed by atoms with van der Waals surface area (Å²) >= 11 is 0. The number of rotatable bonds is 14. The van der Waals surface area contributed by atoms with Crippen LogP contribution in [0.5, 0.6) is 0 Å². The minimum absolute atomic E-state index is 0.0780. The number of aryl methyl sites for hydroxylation is 1. The third-order valence-corrected chi connectivity index (χ3v) is 11.1. The number of benzene rings is 2. The lowest BCUT2D eigenvalue weighted by Crippen LogP contribution is -2.29. The molecule has 2 unspecified atom stereocenters. The molecule has 45 heavy (non-hydrogen) atoms. The van der Waals surface area contributed by atoms with Crippen LogP contribution in [0.1, 0.15) is 56.7 Å². The fourth-order valence-corrected chi connectivity index (χ4v) is 7.50. The molecule has 2 aromatic carbocycles. The van der Waals surface area contributed by atoms with Crippen LogP contribution in [0.3, 0.4) is 0 Å². The van der Waals surface area contributed by atoms with Crippen molar-refractivity contribution < 1.29 is 43.6 Å². The highest BCUT2D eigenvalue weighted by Gasteiger charge is 2.43. The number of methoxy groups -OCH3 is 1. The van der Waals surface area contributed by atoms with Gasteiger partial charge in [-0.2, -0.15) is 25.3 Å². The second-order valence-corrected chi connectivity index (χ2v) is 16.0. The van der Waals surface area contributed by atoms with E-state index < -0.39 is 46.9 Å². The normalized spacial score (nSPS) is 19.6. The first-order valence-corrected chi connectivity index (χ1v) is 18.7. The maximum atomic E-state index is 12.0. The van der Waals surface area contributed by atoms with Gasteiger partial charge in [-0.25, -0.2) is 0 Å². The smallest absolute Gasteiger partial charge is 0.294 e. The fourth-order valence-electron chi connectivity index (χ4n) is 5.97. The first kappa shape index (κ1) is 36.6. The molecule has 0 aromatic heterocycles. The molecule has 1 aliphatic heterocycles. The molecular formula is C31H41NO10S3. The second kappa shape index (κ2) is 13.5. The Bertz CT molecular complexity index is 1850. The number of anilines is 1. The largest absolute Gasteiger partial charge is 0.385 e. The minimum Gasteiger partial charge on any atom is -0.385 e. The Morgan fingerprint density at radius 2 is 1.62 bits per heavy atom. The molecule has 11 nitrogen and oxygen atoms in total. The van der Waals surface area contributed by atoms with Gasteiger partial charge in [0.2, 0.25) is 0 Å². The molecule has 2 atom stereocenters. The average molecular weight is 684 g/mol. The van der Waals surface area contributed by atoms with Gasteiger partial charge in [-0.3, -0.25) is 13.7 Å². The van der Waals surface area contributed by atoms with E-state index in [1.54, 1.807) is 31.4 Å². The van der Waals surface area contributed by atoms with E-state index >= 15 is 0 Å². The van der Waals surface area contributed by atoms with Crippen LogP contribution in [0.25, 0.3) is 0 Å². The van der Waals surface area contributed by atoms with Crippen molar-refractivity contribution >= 4 is 36.0 Å². The van der Waals surface area contributed by atoms with E-state index in [1.165, 1.54) is 24.3 Å². The molecule has 14 heteroatoms. The summed E-state index contributed by atoms with van der Waals surface area (Å²) in [5.41, 5.74) is 2.36. The van der Waals surface area contributed by atoms with Gasteiger partial charge in [0.15, 0.2) is 0 Å². The van der Waals surface area contributed by atoms with Crippen LogP contribution in [0.4, 0.5) is 5.69 Å². The zero-order valence-corrected chi connectivity index (χ0v) is 28.5. The molecule has 0 saturated heterocycles. The van der Waals surface area contributed by atoms with Crippen molar-refractivity contribution in [2.75, 3.05) is 30.9 Å². The van der Waals surface area contributed by atoms with Gasteiger partial charge in [-0.15, -0.1) is 0 Å². The summed E-state index contributed by atoms with van der Waals surface area (Å²) in [6.45, 7) is 12.6. The zero-order valence-electron chi connectivity index (χ0n) is 26.0. The molecule has 0 saturated carbocycles. The summed E-state index contributed by atoms with van der Waals surface area (Å²) in [6, 6.07) is 8.68. The standard InChI is InChI=1S/C31H41NO10S3/c1-7-32-28-15-14-25(45(39,40)41)21-27(28)31(5,16-9-19-43(33,34)35)29(32)11-8-10-23(3)30(4,17-18-42-6)26-20-24(44(36,37)38)13-12-22(26)2/h8,10-15,20-21H,3,7,9,16-19H2,1-2,4-6H3,(H,33,34,35)(H,36,37,38)(H,39,40,41)/b10-8+,29-11+. The summed E-state index contributed by atoms with van der Waals surface area (Å²) in [6.07, 6.45) is 6.13. The van der Waals surface area contributed by atoms with Gasteiger partial charge in [0.25, 0.3) is 30.4 Å². The van der Waals surface area contributed by atoms with E-state index in [9.17, 15) is 38.9 Å². The molecule has 2 aromatic rings. The number of nitrogens with zero attached hydrogens (tertiary/aromatic N) is 1. The Morgan fingerprint density at radius 3 is 2.18 bits per heavy atom. The Balaban J connectivity index is 2.13. The minimum atomic E-state index is -4.52. The quantitative estimate of drug-likeness (QED) is 0.175. The SMILES string of the molecule is C=C(/C=C/C=C1/N(CC)c2ccc(S(=O)(=O)O)cc2C1(C)CCCS(=O)(=O)O)C(C)(CCOC)c1cc(S(=O)(=O)O)ccc1C. The summed E-state index contributed by atoms with van der Waals surface area (Å²) in [5.74, 6) is -0.484. The predicted molar refractivity (Wildman–Crippen MR) is 173 cm³/mol. The fraction of sp³-hybridized carbons (Fsp3) is 0.419. The summed E-state index contributed by atoms with van der Waals surface area (Å²) in [4.78, 5) is 1.44. The second-order valence-electron chi connectivity index (χ2n) is 11.6. The van der Waals surface area contributed by atoms with Crippen LogP contribution in [0, 0.1) is 6.92 Å². The molecule has 0 bridgehead atoms. The highest BCUT2D eigenvalue weighted by Crippen LogP contribution is 2.51. The van der Waals surface area contributed by atoms with Crippen LogP contribution in [-0.4, -0.2) is 64.9 Å². The topological polar surface area (TPSA) is 176 Å². The summed E-state index contributed by atoms with van der Waals surface area (Å²) < 4.78 is 105. The van der Waals surface area contributed by atoms with E-state index in [4.69, 9.17) is 4.74 Å². The number of allylic oxidation sites excluding steroid dienone is 5. The number of ether oxygens (including phenoxy) is 1. The number of hydrogen-bond acceptors (Lipinski definition) is 8. The van der Waals surface area contributed by atoms with E-state index in [0.29, 0.717) is 42.0 Å². The molecular weight excluding hydrogens is 643 g/mol. The van der Waals surface area contributed by atoms with E-state index in [2.05, 4.69) is 6.58 Å². The number of fused-ring (bicyclic) bond motifs is 1. The van der Waals surface area contributed by atoms with Crippen LogP contribution < -0.4 is 4.90 Å². The predicted octanol–water partition coefficient (Wildman–Crippen LogP) is 5.24. The Labute approximate surface area is 266 Å². The van der Waals surface area contributed by atoms with Gasteiger partial charge in [-0.1, -0.05) is 31.7 Å². The van der Waals surface area contributed by atoms with Crippen molar-refractivity contribution in [2.24, 2.45) is 0 Å². The zero-order chi connectivity index (χ0) is 34.0. The van der Waals surface area contributed by atoms with E-state index in [1.807, 2.05) is 38.7 Å². The summed E-state index contributed by atoms with van der Waals surface area (Å²) in [7, 11) is -11.7. The molecule has 1 heterocycles. The third kappa shape index (κ3) is 8.12. The van der Waals surface area contributed by atoms with Gasteiger partial charge < -0.3 is 9.64 Å². The van der Waals surface area contributed by atoms with Crippen LogP contribution in [0.15, 0.2) is 82.3 Å². The maximum Gasteiger partial charge on any atom is 0.294 e. The van der Waals surface area contributed by atoms with Crippen molar-refractivity contribution in [3.63, 3.8) is 0 Å². The van der Waals surface area contributed by atoms with Gasteiger partial charge in [0, 0.05) is 42.5 Å². The highest BCUT2D eigenvalue weighted by molar-refractivity contribution is 7.86. The number of hydrogen-bond donors (Lipinski definition) is 3. The van der Waals surface area contributed by atoms with E-state index in [0.717, 1.165) is 11.3 Å². The van der Waals surface area contributed by atoms with Crippen molar-refractivity contribution in [3.8, 4) is 0 Å². The molecule has 0 aliphatic carbocycles.